The van der Waals surface area contributed by atoms with E-state index in [9.17, 15) is 4.79 Å². The molecule has 0 aliphatic rings. The Labute approximate surface area is 122 Å². The highest BCUT2D eigenvalue weighted by Crippen LogP contribution is 2.27. The van der Waals surface area contributed by atoms with Crippen LogP contribution >= 0.6 is 0 Å². The summed E-state index contributed by atoms with van der Waals surface area (Å²) in [5.74, 6) is 1.01. The Morgan fingerprint density at radius 3 is 2.55 bits per heavy atom. The fourth-order valence-corrected chi connectivity index (χ4v) is 2.35. The first-order valence-electron chi connectivity index (χ1n) is 7.55. The number of rotatable bonds is 7. The molecule has 112 valence electrons. The summed E-state index contributed by atoms with van der Waals surface area (Å²) >= 11 is 0. The Morgan fingerprint density at radius 1 is 1.25 bits per heavy atom. The van der Waals surface area contributed by atoms with E-state index in [0.29, 0.717) is 24.8 Å². The largest absolute Gasteiger partial charge is 0.330 e. The van der Waals surface area contributed by atoms with Crippen LogP contribution in [0.3, 0.4) is 0 Å². The Morgan fingerprint density at radius 2 is 1.95 bits per heavy atom. The number of aryl methyl sites for hydroxylation is 1. The van der Waals surface area contributed by atoms with E-state index in [1.165, 1.54) is 5.56 Å². The van der Waals surface area contributed by atoms with Gasteiger partial charge in [0.25, 0.3) is 0 Å². The fraction of sp³-hybridized carbons (Fsp3) is 0.588. The number of hydrogen-bond acceptors (Lipinski definition) is 2. The molecule has 0 heterocycles. The van der Waals surface area contributed by atoms with Gasteiger partial charge in [0, 0.05) is 12.1 Å². The number of benzene rings is 1. The van der Waals surface area contributed by atoms with Crippen LogP contribution in [0.4, 0.5) is 5.69 Å². The lowest BCUT2D eigenvalue weighted by atomic mass is 9.97. The second-order valence-corrected chi connectivity index (χ2v) is 5.96. The summed E-state index contributed by atoms with van der Waals surface area (Å²) in [7, 11) is 0. The number of carbonyl (C=O) groups is 1. The zero-order valence-electron chi connectivity index (χ0n) is 13.2. The highest BCUT2D eigenvalue weighted by molar-refractivity contribution is 5.92. The molecule has 3 nitrogen and oxygen atoms in total. The number of para-hydroxylation sites is 1. The maximum absolute atomic E-state index is 12.1. The van der Waals surface area contributed by atoms with E-state index >= 15 is 0 Å². The number of nitrogens with two attached hydrogens (primary N) is 1. The Balaban J connectivity index is 2.66. The number of amides is 1. The minimum atomic E-state index is 0.102. The Kier molecular flexibility index (Phi) is 6.73. The van der Waals surface area contributed by atoms with Crippen molar-refractivity contribution in [1.29, 1.82) is 0 Å². The van der Waals surface area contributed by atoms with Gasteiger partial charge >= 0.3 is 0 Å². The summed E-state index contributed by atoms with van der Waals surface area (Å²) in [5, 5.41) is 3.09. The lowest BCUT2D eigenvalue weighted by molar-refractivity contribution is -0.116. The van der Waals surface area contributed by atoms with Crippen LogP contribution in [0.2, 0.25) is 0 Å². The molecule has 20 heavy (non-hydrogen) atoms. The van der Waals surface area contributed by atoms with Gasteiger partial charge in [-0.15, -0.1) is 0 Å². The standard InChI is InChI=1S/C17H28N2O/c1-12(2)15-7-5-6-14(4)17(15)19-16(20)9-8-13(3)10-11-18/h5-7,12-13H,8-11,18H2,1-4H3,(H,19,20). The van der Waals surface area contributed by atoms with Gasteiger partial charge in [0.05, 0.1) is 0 Å². The molecule has 0 fully saturated rings. The van der Waals surface area contributed by atoms with Crippen LogP contribution in [0.1, 0.15) is 57.1 Å². The van der Waals surface area contributed by atoms with Crippen molar-refractivity contribution in [1.82, 2.24) is 0 Å². The molecule has 1 rings (SSSR count). The highest BCUT2D eigenvalue weighted by Gasteiger charge is 2.12. The summed E-state index contributed by atoms with van der Waals surface area (Å²) in [6, 6.07) is 6.17. The predicted molar refractivity (Wildman–Crippen MR) is 86.0 cm³/mol. The van der Waals surface area contributed by atoms with Crippen molar-refractivity contribution in [2.75, 3.05) is 11.9 Å². The average Bonchev–Trinajstić information content (AvgIpc) is 2.39. The summed E-state index contributed by atoms with van der Waals surface area (Å²) < 4.78 is 0. The van der Waals surface area contributed by atoms with E-state index in [4.69, 9.17) is 5.73 Å². The van der Waals surface area contributed by atoms with Crippen LogP contribution in [0.5, 0.6) is 0 Å². The van der Waals surface area contributed by atoms with E-state index in [2.05, 4.69) is 32.2 Å². The summed E-state index contributed by atoms with van der Waals surface area (Å²) in [4.78, 5) is 12.1. The molecule has 0 aromatic heterocycles. The van der Waals surface area contributed by atoms with Gasteiger partial charge in [-0.3, -0.25) is 4.79 Å². The van der Waals surface area contributed by atoms with Gasteiger partial charge in [-0.05, 0) is 49.3 Å². The lowest BCUT2D eigenvalue weighted by Crippen LogP contribution is -2.16. The maximum Gasteiger partial charge on any atom is 0.224 e. The van der Waals surface area contributed by atoms with Gasteiger partial charge in [0.15, 0.2) is 0 Å². The summed E-state index contributed by atoms with van der Waals surface area (Å²) in [6.07, 6.45) is 2.44. The van der Waals surface area contributed by atoms with Crippen molar-refractivity contribution in [3.8, 4) is 0 Å². The molecule has 0 saturated heterocycles. The van der Waals surface area contributed by atoms with Crippen LogP contribution < -0.4 is 11.1 Å². The van der Waals surface area contributed by atoms with Crippen molar-refractivity contribution in [2.45, 2.75) is 52.9 Å². The molecule has 1 aromatic rings. The second kappa shape index (κ2) is 8.05. The fourth-order valence-electron chi connectivity index (χ4n) is 2.35. The molecular weight excluding hydrogens is 248 g/mol. The minimum absolute atomic E-state index is 0.102. The zero-order chi connectivity index (χ0) is 15.1. The molecule has 1 aromatic carbocycles. The number of anilines is 1. The van der Waals surface area contributed by atoms with Gasteiger partial charge < -0.3 is 11.1 Å². The van der Waals surface area contributed by atoms with Crippen molar-refractivity contribution in [2.24, 2.45) is 11.7 Å². The maximum atomic E-state index is 12.1. The van der Waals surface area contributed by atoms with Crippen LogP contribution in [0.15, 0.2) is 18.2 Å². The molecule has 0 radical (unpaired) electrons. The molecule has 1 amide bonds. The van der Waals surface area contributed by atoms with Crippen LogP contribution in [-0.2, 0) is 4.79 Å². The predicted octanol–water partition coefficient (Wildman–Crippen LogP) is 3.82. The van der Waals surface area contributed by atoms with Crippen LogP contribution in [0.25, 0.3) is 0 Å². The van der Waals surface area contributed by atoms with Gasteiger partial charge in [-0.1, -0.05) is 39.0 Å². The normalized spacial score (nSPS) is 12.5. The second-order valence-electron chi connectivity index (χ2n) is 5.96. The highest BCUT2D eigenvalue weighted by atomic mass is 16.1. The molecule has 0 aliphatic carbocycles. The molecular formula is C17H28N2O. The lowest BCUT2D eigenvalue weighted by Gasteiger charge is -2.17. The van der Waals surface area contributed by atoms with Gasteiger partial charge in [0.1, 0.15) is 0 Å². The Bertz CT molecular complexity index is 441. The smallest absolute Gasteiger partial charge is 0.224 e. The molecule has 0 saturated carbocycles. The quantitative estimate of drug-likeness (QED) is 0.795. The van der Waals surface area contributed by atoms with E-state index in [1.54, 1.807) is 0 Å². The zero-order valence-corrected chi connectivity index (χ0v) is 13.2. The third-order valence-electron chi connectivity index (χ3n) is 3.72. The third kappa shape index (κ3) is 4.97. The first-order chi connectivity index (χ1) is 9.45. The molecule has 1 atom stereocenters. The number of hydrogen-bond donors (Lipinski definition) is 2. The molecule has 0 bridgehead atoms. The molecule has 0 spiro atoms. The van der Waals surface area contributed by atoms with E-state index in [0.717, 1.165) is 24.1 Å². The first kappa shape index (κ1) is 16.7. The van der Waals surface area contributed by atoms with Crippen molar-refractivity contribution in [3.05, 3.63) is 29.3 Å². The number of nitrogens with one attached hydrogen (secondary N) is 1. The molecule has 3 N–H and O–H groups in total. The van der Waals surface area contributed by atoms with Crippen LogP contribution in [-0.4, -0.2) is 12.5 Å². The summed E-state index contributed by atoms with van der Waals surface area (Å²) in [5.41, 5.74) is 8.84. The van der Waals surface area contributed by atoms with Gasteiger partial charge in [0.2, 0.25) is 5.91 Å². The van der Waals surface area contributed by atoms with E-state index in [1.807, 2.05) is 19.1 Å². The van der Waals surface area contributed by atoms with Gasteiger partial charge in [-0.2, -0.15) is 0 Å². The van der Waals surface area contributed by atoms with Crippen LogP contribution in [0, 0.1) is 12.8 Å². The SMILES string of the molecule is Cc1cccc(C(C)C)c1NC(=O)CCC(C)CCN. The Hall–Kier alpha value is -1.35. The topological polar surface area (TPSA) is 55.1 Å². The summed E-state index contributed by atoms with van der Waals surface area (Å²) in [6.45, 7) is 9.17. The van der Waals surface area contributed by atoms with E-state index in [-0.39, 0.29) is 5.91 Å². The monoisotopic (exact) mass is 276 g/mol. The third-order valence-corrected chi connectivity index (χ3v) is 3.72. The molecule has 3 heteroatoms. The molecule has 0 aliphatic heterocycles. The average molecular weight is 276 g/mol. The van der Waals surface area contributed by atoms with Crippen molar-refractivity contribution < 1.29 is 4.79 Å². The molecule has 1 unspecified atom stereocenters. The van der Waals surface area contributed by atoms with E-state index < -0.39 is 0 Å². The minimum Gasteiger partial charge on any atom is -0.330 e. The van der Waals surface area contributed by atoms with Crippen molar-refractivity contribution in [3.63, 3.8) is 0 Å². The van der Waals surface area contributed by atoms with Crippen molar-refractivity contribution >= 4 is 11.6 Å². The number of carbonyl (C=O) groups excluding carboxylic acids is 1. The van der Waals surface area contributed by atoms with Gasteiger partial charge in [-0.25, -0.2) is 0 Å². The first-order valence-corrected chi connectivity index (χ1v) is 7.55.